The van der Waals surface area contributed by atoms with Gasteiger partial charge in [-0.3, -0.25) is 34.2 Å². The summed E-state index contributed by atoms with van der Waals surface area (Å²) in [7, 11) is 1.51. The predicted molar refractivity (Wildman–Crippen MR) is 247 cm³/mol. The molecule has 4 fully saturated rings. The number of fused-ring (bicyclic) bond motifs is 2. The fraction of sp³-hybridized carbons (Fsp3) is 0.521. The Hall–Kier alpha value is -5.65. The lowest BCUT2D eigenvalue weighted by Gasteiger charge is -2.51. The van der Waals surface area contributed by atoms with Crippen molar-refractivity contribution in [3.05, 3.63) is 80.5 Å². The summed E-state index contributed by atoms with van der Waals surface area (Å²) in [6.45, 7) is 11.1. The number of imide groups is 1. The van der Waals surface area contributed by atoms with Gasteiger partial charge in [-0.15, -0.1) is 0 Å². The summed E-state index contributed by atoms with van der Waals surface area (Å²) in [5.74, 6) is -0.846. The molecule has 9 rings (SSSR count). The highest BCUT2D eigenvalue weighted by Gasteiger charge is 2.46. The molecule has 16 nitrogen and oxygen atoms in total. The molecule has 2 atom stereocenters. The van der Waals surface area contributed by atoms with Crippen LogP contribution in [0.3, 0.4) is 0 Å². The zero-order valence-corrected chi connectivity index (χ0v) is 38.8. The average Bonchev–Trinajstić information content (AvgIpc) is 3.60. The van der Waals surface area contributed by atoms with Crippen molar-refractivity contribution in [2.75, 3.05) is 50.1 Å². The number of nitrogens with one attached hydrogen (secondary N) is 3. The summed E-state index contributed by atoms with van der Waals surface area (Å²) in [4.78, 5) is 78.1. The number of benzene rings is 2. The molecule has 4 aromatic rings. The summed E-state index contributed by atoms with van der Waals surface area (Å²) in [6, 6.07) is 10.2. The van der Waals surface area contributed by atoms with E-state index >= 15 is 4.39 Å². The van der Waals surface area contributed by atoms with Gasteiger partial charge in [-0.05, 0) is 106 Å². The Morgan fingerprint density at radius 2 is 1.79 bits per heavy atom. The summed E-state index contributed by atoms with van der Waals surface area (Å²) in [5.41, 5.74) is 2.16. The van der Waals surface area contributed by atoms with E-state index in [2.05, 4.69) is 44.6 Å². The van der Waals surface area contributed by atoms with Crippen LogP contribution in [-0.4, -0.2) is 112 Å². The SMILES string of the molecule is CNC(=O)COc1cc2cc(Nc3nc(N4CCC(OC5CC(N6CC[C@@H](c7ccc8c(c7F)CN([C@@H]7CCC(=O)NC7=O)C8=O)C(C)(C)C6)C5)CC4)ncc3Cl)ccc2n(C(C)C)c1=O. The van der Waals surface area contributed by atoms with Gasteiger partial charge in [-0.1, -0.05) is 31.5 Å². The lowest BCUT2D eigenvalue weighted by molar-refractivity contribution is -0.137. The first kappa shape index (κ1) is 45.5. The van der Waals surface area contributed by atoms with Crippen molar-refractivity contribution in [1.82, 2.24) is 35.0 Å². The van der Waals surface area contributed by atoms with Gasteiger partial charge >= 0.3 is 0 Å². The number of carbonyl (C=O) groups excluding carboxylic acids is 4. The van der Waals surface area contributed by atoms with E-state index < -0.39 is 11.9 Å². The minimum atomic E-state index is -0.782. The number of carbonyl (C=O) groups is 4. The molecule has 3 saturated heterocycles. The van der Waals surface area contributed by atoms with E-state index in [9.17, 15) is 24.0 Å². The second kappa shape index (κ2) is 18.2. The maximum Gasteiger partial charge on any atom is 0.293 e. The van der Waals surface area contributed by atoms with Gasteiger partial charge in [-0.2, -0.15) is 4.98 Å². The Morgan fingerprint density at radius 1 is 1.02 bits per heavy atom. The van der Waals surface area contributed by atoms with Crippen molar-refractivity contribution in [1.29, 1.82) is 0 Å². The number of anilines is 3. The van der Waals surface area contributed by atoms with Crippen molar-refractivity contribution < 1.29 is 33.0 Å². The van der Waals surface area contributed by atoms with Crippen LogP contribution < -0.4 is 31.1 Å². The number of piperidine rings is 3. The van der Waals surface area contributed by atoms with E-state index in [1.54, 1.807) is 29.0 Å². The minimum Gasteiger partial charge on any atom is -0.478 e. The molecule has 0 bridgehead atoms. The number of pyridine rings is 1. The molecule has 1 saturated carbocycles. The number of aromatic nitrogens is 3. The second-order valence-electron chi connectivity index (χ2n) is 19.3. The highest BCUT2D eigenvalue weighted by molar-refractivity contribution is 6.33. The van der Waals surface area contributed by atoms with Gasteiger partial charge in [0.1, 0.15) is 16.9 Å². The molecular formula is C48H57ClFN9O7. The number of hydrogen-bond donors (Lipinski definition) is 3. The Labute approximate surface area is 387 Å². The van der Waals surface area contributed by atoms with Crippen LogP contribution in [0, 0.1) is 11.2 Å². The summed E-state index contributed by atoms with van der Waals surface area (Å²) in [6.07, 6.45) is 6.68. The Kier molecular flexibility index (Phi) is 12.6. The number of halogens is 2. The molecule has 6 heterocycles. The van der Waals surface area contributed by atoms with Crippen molar-refractivity contribution in [3.63, 3.8) is 0 Å². The zero-order chi connectivity index (χ0) is 46.6. The van der Waals surface area contributed by atoms with Crippen LogP contribution in [0.5, 0.6) is 5.75 Å². The zero-order valence-electron chi connectivity index (χ0n) is 38.0. The number of nitrogens with zero attached hydrogens (tertiary/aromatic N) is 6. The van der Waals surface area contributed by atoms with Crippen molar-refractivity contribution in [2.24, 2.45) is 5.41 Å². The predicted octanol–water partition coefficient (Wildman–Crippen LogP) is 5.83. The van der Waals surface area contributed by atoms with Gasteiger partial charge in [0.2, 0.25) is 17.8 Å². The standard InChI is InChI=1S/C48H57ClFN9O7/c1-26(2)59-37-9-6-28(18-27(37)19-39(46(59)64)65-24-41(61)51-5)53-43-36(49)22-52-47(55-43)56-15-12-30(13-16-56)66-31-20-29(21-31)57-17-14-35(48(3,4)25-57)33-8-7-32-34(42(33)50)23-58(45(32)63)38-10-11-40(60)54-44(38)62/h6-9,18-19,22,26,29-31,35,38H,10-17,20-21,23-25H2,1-5H3,(H,51,61)(H,52,53,55)(H,54,60,62)/t29?,31?,35-,38+/m0/s1. The number of rotatable bonds is 12. The molecule has 0 radical (unpaired) electrons. The fourth-order valence-corrected chi connectivity index (χ4v) is 10.7. The molecule has 18 heteroatoms. The van der Waals surface area contributed by atoms with E-state index in [1.807, 2.05) is 32.0 Å². The van der Waals surface area contributed by atoms with E-state index in [1.165, 1.54) is 11.9 Å². The molecule has 1 aliphatic carbocycles. The van der Waals surface area contributed by atoms with Gasteiger partial charge in [0, 0.05) is 67.4 Å². The van der Waals surface area contributed by atoms with E-state index in [4.69, 9.17) is 26.1 Å². The number of hydrogen-bond acceptors (Lipinski definition) is 12. The largest absolute Gasteiger partial charge is 0.478 e. The lowest BCUT2D eigenvalue weighted by Crippen LogP contribution is -2.55. The smallest absolute Gasteiger partial charge is 0.293 e. The number of likely N-dealkylation sites (N-methyl/N-ethyl adjacent to an activating group) is 1. The first-order chi connectivity index (χ1) is 31.6. The maximum atomic E-state index is 16.3. The Morgan fingerprint density at radius 3 is 2.50 bits per heavy atom. The molecule has 3 N–H and O–H groups in total. The van der Waals surface area contributed by atoms with Gasteiger partial charge in [0.15, 0.2) is 18.2 Å². The quantitative estimate of drug-likeness (QED) is 0.145. The van der Waals surface area contributed by atoms with Crippen molar-refractivity contribution in [2.45, 2.75) is 115 Å². The molecule has 5 aliphatic rings. The molecule has 350 valence electrons. The second-order valence-corrected chi connectivity index (χ2v) is 19.7. The third-order valence-electron chi connectivity index (χ3n) is 14.2. The van der Waals surface area contributed by atoms with Crippen molar-refractivity contribution in [3.8, 4) is 5.75 Å². The van der Waals surface area contributed by atoms with Crippen LogP contribution >= 0.6 is 11.6 Å². The van der Waals surface area contributed by atoms with Crippen LogP contribution in [0.25, 0.3) is 10.9 Å². The molecular weight excluding hydrogens is 869 g/mol. The van der Waals surface area contributed by atoms with E-state index in [-0.39, 0.29) is 90.4 Å². The van der Waals surface area contributed by atoms with Crippen LogP contribution in [0.15, 0.2) is 47.4 Å². The highest BCUT2D eigenvalue weighted by Crippen LogP contribution is 2.47. The topological polar surface area (TPSA) is 180 Å². The van der Waals surface area contributed by atoms with E-state index in [0.29, 0.717) is 45.2 Å². The lowest BCUT2D eigenvalue weighted by atomic mass is 9.69. The highest BCUT2D eigenvalue weighted by atomic mass is 35.5. The average molecular weight is 926 g/mol. The van der Waals surface area contributed by atoms with Crippen molar-refractivity contribution >= 4 is 63.6 Å². The first-order valence-electron chi connectivity index (χ1n) is 23.0. The number of ether oxygens (including phenoxy) is 2. The first-order valence-corrected chi connectivity index (χ1v) is 23.4. The van der Waals surface area contributed by atoms with Crippen LogP contribution in [0.1, 0.15) is 106 Å². The van der Waals surface area contributed by atoms with Gasteiger partial charge in [-0.25, -0.2) is 9.37 Å². The number of amides is 4. The number of likely N-dealkylation sites (tertiary alicyclic amines) is 1. The van der Waals surface area contributed by atoms with Gasteiger partial charge < -0.3 is 34.5 Å². The molecule has 2 aromatic carbocycles. The van der Waals surface area contributed by atoms with E-state index in [0.717, 1.165) is 69.2 Å². The van der Waals surface area contributed by atoms with Crippen LogP contribution in [-0.2, 0) is 25.7 Å². The third-order valence-corrected chi connectivity index (χ3v) is 14.4. The molecule has 2 aromatic heterocycles. The molecule has 4 amide bonds. The fourth-order valence-electron chi connectivity index (χ4n) is 10.6. The Balaban J connectivity index is 0.767. The molecule has 4 aliphatic heterocycles. The summed E-state index contributed by atoms with van der Waals surface area (Å²) in [5, 5.41) is 9.25. The van der Waals surface area contributed by atoms with Gasteiger partial charge in [0.25, 0.3) is 17.4 Å². The molecule has 0 spiro atoms. The summed E-state index contributed by atoms with van der Waals surface area (Å²) < 4.78 is 30.2. The minimum absolute atomic E-state index is 0.0245. The normalized spacial score (nSPS) is 23.5. The Bertz CT molecular complexity index is 2640. The van der Waals surface area contributed by atoms with Crippen LogP contribution in [0.4, 0.5) is 21.8 Å². The van der Waals surface area contributed by atoms with Gasteiger partial charge in [0.05, 0.1) is 30.5 Å². The van der Waals surface area contributed by atoms with Crippen LogP contribution in [0.2, 0.25) is 5.02 Å². The molecule has 66 heavy (non-hydrogen) atoms. The monoisotopic (exact) mass is 925 g/mol. The molecule has 0 unspecified atom stereocenters. The third kappa shape index (κ3) is 8.84. The maximum absolute atomic E-state index is 16.3. The summed E-state index contributed by atoms with van der Waals surface area (Å²) >= 11 is 6.61.